The van der Waals surface area contributed by atoms with Crippen molar-refractivity contribution in [1.82, 2.24) is 19.1 Å². The van der Waals surface area contributed by atoms with Crippen LogP contribution in [0.2, 0.25) is 0 Å². The molecule has 4 aromatic heterocycles. The van der Waals surface area contributed by atoms with Crippen LogP contribution >= 0.6 is 0 Å². The van der Waals surface area contributed by atoms with Gasteiger partial charge in [-0.3, -0.25) is 38.3 Å². The number of halogens is 5. The molecule has 2 amide bonds. The summed E-state index contributed by atoms with van der Waals surface area (Å²) in [6, 6.07) is 22.7. The van der Waals surface area contributed by atoms with Crippen molar-refractivity contribution < 1.29 is 41.0 Å². The second-order valence-electron chi connectivity index (χ2n) is 17.8. The van der Waals surface area contributed by atoms with Gasteiger partial charge in [0, 0.05) is 80.1 Å². The Morgan fingerprint density at radius 2 is 1.04 bits per heavy atom. The van der Waals surface area contributed by atoms with Crippen LogP contribution in [0, 0.1) is 13.8 Å². The van der Waals surface area contributed by atoms with Gasteiger partial charge >= 0.3 is 6.18 Å². The Morgan fingerprint density at radius 3 is 1.49 bits per heavy atom. The summed E-state index contributed by atoms with van der Waals surface area (Å²) in [5.74, 6) is -2.63. The second kappa shape index (κ2) is 19.3. The number of carbonyl (C=O) groups is 2. The smallest absolute Gasteiger partial charge is 0.377 e. The van der Waals surface area contributed by atoms with Crippen LogP contribution in [0.4, 0.5) is 45.0 Å². The van der Waals surface area contributed by atoms with E-state index in [4.69, 9.17) is 9.47 Å². The first kappa shape index (κ1) is 47.8. The lowest BCUT2D eigenvalue weighted by Gasteiger charge is -2.42. The molecule has 2 aromatic carbocycles. The van der Waals surface area contributed by atoms with Crippen LogP contribution in [-0.2, 0) is 34.7 Å². The number of hydrogen-bond donors (Lipinski definition) is 2. The van der Waals surface area contributed by atoms with Gasteiger partial charge in [0.15, 0.2) is 0 Å². The lowest BCUT2D eigenvalue weighted by Crippen LogP contribution is -2.51. The number of carbonyl (C=O) groups excluding carboxylic acids is 2. The third-order valence-electron chi connectivity index (χ3n) is 13.0. The van der Waals surface area contributed by atoms with Crippen molar-refractivity contribution in [3.8, 4) is 22.3 Å². The molecule has 4 aliphatic heterocycles. The Balaban J connectivity index is 0.000000174. The molecule has 0 spiro atoms. The predicted molar refractivity (Wildman–Crippen MR) is 254 cm³/mol. The van der Waals surface area contributed by atoms with Gasteiger partial charge in [-0.2, -0.15) is 22.0 Å². The molecule has 0 saturated carbocycles. The minimum Gasteiger partial charge on any atom is -0.377 e. The van der Waals surface area contributed by atoms with E-state index in [1.807, 2.05) is 32.0 Å². The monoisotopic (exact) mass is 964 g/mol. The van der Waals surface area contributed by atoms with E-state index in [1.54, 1.807) is 51.6 Å². The Labute approximate surface area is 398 Å². The van der Waals surface area contributed by atoms with Crippen molar-refractivity contribution in [3.05, 3.63) is 152 Å². The number of amides is 2. The summed E-state index contributed by atoms with van der Waals surface area (Å²) in [6.07, 6.45) is -0.780. The quantitative estimate of drug-likeness (QED) is 0.150. The number of ether oxygens (including phenoxy) is 2. The van der Waals surface area contributed by atoms with Gasteiger partial charge in [0.05, 0.1) is 38.5 Å². The first-order chi connectivity index (χ1) is 33.4. The molecule has 2 unspecified atom stereocenters. The number of aromatic nitrogens is 4. The molecular formula is C51H49F5N8O6. The molecule has 10 rings (SSSR count). The van der Waals surface area contributed by atoms with E-state index in [1.165, 1.54) is 18.3 Å². The number of nitrogens with zero attached hydrogens (tertiary/aromatic N) is 6. The highest BCUT2D eigenvalue weighted by Gasteiger charge is 2.34. The number of aryl methyl sites for hydroxylation is 2. The van der Waals surface area contributed by atoms with Crippen LogP contribution in [-0.4, -0.2) is 82.5 Å². The molecule has 70 heavy (non-hydrogen) atoms. The third kappa shape index (κ3) is 10.1. The maximum Gasteiger partial charge on any atom is 0.433 e. The van der Waals surface area contributed by atoms with E-state index in [9.17, 15) is 41.1 Å². The predicted octanol–water partition coefficient (Wildman–Crippen LogP) is 8.29. The standard InChI is InChI=1S/C26H26F2N4O3.C25H23F3N4O3/c1-16-3-4-19(30-25(34)17-5-7-29-22(11-17)26(2,27)28)14-21(16)18-12-23-31-9-10-35-15-20(31)6-8-32(23)24(33)13-18;1-15-2-3-18(30-24(34)16-4-6-29-21(10-16)25(26,27)28)13-20(15)17-11-22-31-8-9-35-14-19(31)5-7-32(22)23(33)12-17/h3-5,7,11-14,20H,6,8-10,15H2,1-2H3,(H,30,34);2-4,6,10-13,19H,5,7-9,14H2,1H3,(H,30,34). The molecule has 6 aromatic rings. The molecule has 8 heterocycles. The first-order valence-corrected chi connectivity index (χ1v) is 22.8. The summed E-state index contributed by atoms with van der Waals surface area (Å²) < 4.78 is 81.0. The minimum absolute atomic E-state index is 0.0684. The zero-order valence-corrected chi connectivity index (χ0v) is 38.5. The number of hydrogen-bond acceptors (Lipinski definition) is 10. The average molecular weight is 965 g/mol. The number of nitrogens with one attached hydrogen (secondary N) is 2. The molecular weight excluding hydrogens is 916 g/mol. The van der Waals surface area contributed by atoms with E-state index in [0.29, 0.717) is 69.1 Å². The fourth-order valence-corrected chi connectivity index (χ4v) is 9.32. The summed E-state index contributed by atoms with van der Waals surface area (Å²) in [5.41, 5.74) is 3.95. The fourth-order valence-electron chi connectivity index (χ4n) is 9.32. The SMILES string of the molecule is Cc1ccc(NC(=O)c2ccnc(C(C)(F)F)c2)cc1-c1cc2n(c(=O)c1)CCC1COCCN21.Cc1ccc(NC(=O)c2ccnc(C(F)(F)F)c2)cc1-c1cc2n(c(=O)c1)CCC1COCCN21. The first-order valence-electron chi connectivity index (χ1n) is 22.8. The molecule has 2 fully saturated rings. The Hall–Kier alpha value is -7.25. The molecule has 2 N–H and O–H groups in total. The summed E-state index contributed by atoms with van der Waals surface area (Å²) in [4.78, 5) is 62.7. The Kier molecular flexibility index (Phi) is 13.2. The molecule has 0 bridgehead atoms. The number of alkyl halides is 5. The highest BCUT2D eigenvalue weighted by molar-refractivity contribution is 6.05. The van der Waals surface area contributed by atoms with Crippen molar-refractivity contribution in [2.24, 2.45) is 0 Å². The number of pyridine rings is 4. The largest absolute Gasteiger partial charge is 0.433 e. The molecule has 2 atom stereocenters. The lowest BCUT2D eigenvalue weighted by molar-refractivity contribution is -0.141. The van der Waals surface area contributed by atoms with Crippen LogP contribution < -0.4 is 31.6 Å². The van der Waals surface area contributed by atoms with Gasteiger partial charge in [0.2, 0.25) is 0 Å². The van der Waals surface area contributed by atoms with E-state index < -0.39 is 35.3 Å². The molecule has 0 radical (unpaired) electrons. The van der Waals surface area contributed by atoms with Gasteiger partial charge in [-0.1, -0.05) is 12.1 Å². The van der Waals surface area contributed by atoms with Crippen molar-refractivity contribution >= 4 is 34.8 Å². The number of anilines is 4. The topological polar surface area (TPSA) is 153 Å². The average Bonchev–Trinajstić information content (AvgIpc) is 3.34. The fraction of sp³-hybridized carbons (Fsp3) is 0.333. The molecule has 0 aliphatic carbocycles. The Bertz CT molecular complexity index is 2910. The van der Waals surface area contributed by atoms with Gasteiger partial charge in [0.25, 0.3) is 28.9 Å². The zero-order valence-electron chi connectivity index (χ0n) is 38.5. The maximum absolute atomic E-state index is 13.6. The van der Waals surface area contributed by atoms with Crippen molar-refractivity contribution in [1.29, 1.82) is 0 Å². The normalized spacial score (nSPS) is 17.5. The number of morpholine rings is 2. The summed E-state index contributed by atoms with van der Waals surface area (Å²) >= 11 is 0. The summed E-state index contributed by atoms with van der Waals surface area (Å²) in [6.45, 7) is 9.78. The highest BCUT2D eigenvalue weighted by atomic mass is 19.4. The van der Waals surface area contributed by atoms with E-state index in [0.717, 1.165) is 78.0 Å². The Morgan fingerprint density at radius 1 is 0.600 bits per heavy atom. The molecule has 19 heteroatoms. The van der Waals surface area contributed by atoms with Gasteiger partial charge in [-0.15, -0.1) is 0 Å². The third-order valence-corrected chi connectivity index (χ3v) is 13.0. The molecule has 364 valence electrons. The summed E-state index contributed by atoms with van der Waals surface area (Å²) in [5, 5.41) is 5.43. The van der Waals surface area contributed by atoms with Crippen LogP contribution in [0.5, 0.6) is 0 Å². The van der Waals surface area contributed by atoms with E-state index in [-0.39, 0.29) is 34.3 Å². The lowest BCUT2D eigenvalue weighted by atomic mass is 9.99. The minimum atomic E-state index is -4.65. The van der Waals surface area contributed by atoms with Gasteiger partial charge in [-0.05, 0) is 121 Å². The second-order valence-corrected chi connectivity index (χ2v) is 17.8. The van der Waals surface area contributed by atoms with Crippen LogP contribution in [0.1, 0.15) is 63.0 Å². The van der Waals surface area contributed by atoms with E-state index in [2.05, 4.69) is 30.4 Å². The van der Waals surface area contributed by atoms with Crippen LogP contribution in [0.3, 0.4) is 0 Å². The molecule has 4 aliphatic rings. The molecule has 14 nitrogen and oxygen atoms in total. The number of benzene rings is 2. The number of fused-ring (bicyclic) bond motifs is 6. The maximum atomic E-state index is 13.6. The molecule has 2 saturated heterocycles. The van der Waals surface area contributed by atoms with Gasteiger partial charge in [0.1, 0.15) is 23.0 Å². The van der Waals surface area contributed by atoms with Crippen molar-refractivity contribution in [3.63, 3.8) is 0 Å². The van der Waals surface area contributed by atoms with Crippen molar-refractivity contribution in [2.45, 2.75) is 70.9 Å². The van der Waals surface area contributed by atoms with Gasteiger partial charge in [-0.25, -0.2) is 0 Å². The highest BCUT2D eigenvalue weighted by Crippen LogP contribution is 2.35. The van der Waals surface area contributed by atoms with Crippen molar-refractivity contribution in [2.75, 3.05) is 60.0 Å². The summed E-state index contributed by atoms with van der Waals surface area (Å²) in [7, 11) is 0. The number of rotatable bonds is 7. The van der Waals surface area contributed by atoms with Gasteiger partial charge < -0.3 is 29.9 Å². The van der Waals surface area contributed by atoms with Crippen LogP contribution in [0.25, 0.3) is 22.3 Å². The zero-order chi connectivity index (χ0) is 49.5. The van der Waals surface area contributed by atoms with Crippen LogP contribution in [0.15, 0.2) is 107 Å². The van der Waals surface area contributed by atoms with E-state index >= 15 is 0 Å².